The van der Waals surface area contributed by atoms with Gasteiger partial charge < -0.3 is 9.64 Å². The van der Waals surface area contributed by atoms with Crippen molar-refractivity contribution in [3.8, 4) is 0 Å². The molecule has 126 valence electrons. The van der Waals surface area contributed by atoms with Crippen LogP contribution in [-0.2, 0) is 16.0 Å². The molecule has 0 saturated carbocycles. The zero-order chi connectivity index (χ0) is 16.5. The second-order valence-electron chi connectivity index (χ2n) is 7.56. The van der Waals surface area contributed by atoms with E-state index >= 15 is 0 Å². The van der Waals surface area contributed by atoms with E-state index in [-0.39, 0.29) is 18.0 Å². The van der Waals surface area contributed by atoms with E-state index in [0.29, 0.717) is 6.61 Å². The summed E-state index contributed by atoms with van der Waals surface area (Å²) in [5.74, 6) is 0.162. The van der Waals surface area contributed by atoms with Gasteiger partial charge in [-0.2, -0.15) is 5.10 Å². The van der Waals surface area contributed by atoms with E-state index in [9.17, 15) is 4.79 Å². The molecule has 2 bridgehead atoms. The summed E-state index contributed by atoms with van der Waals surface area (Å²) in [5.41, 5.74) is 3.62. The van der Waals surface area contributed by atoms with E-state index in [1.165, 1.54) is 5.69 Å². The summed E-state index contributed by atoms with van der Waals surface area (Å²) in [5, 5.41) is 4.61. The van der Waals surface area contributed by atoms with Gasteiger partial charge in [-0.15, -0.1) is 0 Å². The molecule has 0 unspecified atom stereocenters. The van der Waals surface area contributed by atoms with Crippen LogP contribution in [0.5, 0.6) is 0 Å². The van der Waals surface area contributed by atoms with Gasteiger partial charge in [-0.1, -0.05) is 0 Å². The number of rotatable bonds is 1. The number of ether oxygens (including phenoxy) is 1. The monoisotopic (exact) mass is 326 g/mol. The molecule has 2 saturated heterocycles. The minimum absolute atomic E-state index is 0.119. The minimum atomic E-state index is -0.641. The Kier molecular flexibility index (Phi) is 2.87. The smallest absolute Gasteiger partial charge is 0.255 e. The molecule has 2 aromatic rings. The van der Waals surface area contributed by atoms with Crippen LogP contribution >= 0.6 is 0 Å². The van der Waals surface area contributed by atoms with E-state index in [4.69, 9.17) is 4.74 Å². The molecular weight excluding hydrogens is 304 g/mol. The largest absolute Gasteiger partial charge is 0.365 e. The van der Waals surface area contributed by atoms with Gasteiger partial charge in [-0.25, -0.2) is 9.50 Å². The van der Waals surface area contributed by atoms with E-state index < -0.39 is 5.60 Å². The molecule has 0 spiro atoms. The molecule has 0 aliphatic carbocycles. The Morgan fingerprint density at radius 3 is 3.08 bits per heavy atom. The zero-order valence-corrected chi connectivity index (χ0v) is 14.2. The van der Waals surface area contributed by atoms with Gasteiger partial charge in [-0.05, 0) is 39.5 Å². The summed E-state index contributed by atoms with van der Waals surface area (Å²) >= 11 is 0. The Labute approximate surface area is 140 Å². The van der Waals surface area contributed by atoms with E-state index in [1.807, 2.05) is 30.6 Å². The molecule has 0 aromatic carbocycles. The highest BCUT2D eigenvalue weighted by Gasteiger charge is 2.50. The average Bonchev–Trinajstić information content (AvgIpc) is 3.24. The van der Waals surface area contributed by atoms with Crippen molar-refractivity contribution < 1.29 is 9.53 Å². The molecule has 3 aliphatic heterocycles. The number of carbonyl (C=O) groups excluding carboxylic acids is 1. The lowest BCUT2D eigenvalue weighted by Gasteiger charge is -2.40. The van der Waals surface area contributed by atoms with E-state index in [1.54, 1.807) is 0 Å². The molecule has 6 nitrogen and oxygen atoms in total. The first-order valence-corrected chi connectivity index (χ1v) is 8.88. The van der Waals surface area contributed by atoms with Crippen molar-refractivity contribution >= 4 is 11.6 Å². The van der Waals surface area contributed by atoms with Crippen molar-refractivity contribution in [1.29, 1.82) is 0 Å². The summed E-state index contributed by atoms with van der Waals surface area (Å²) in [6.45, 7) is 4.64. The molecule has 0 radical (unpaired) electrons. The predicted molar refractivity (Wildman–Crippen MR) is 87.6 cm³/mol. The first-order chi connectivity index (χ1) is 11.6. The van der Waals surface area contributed by atoms with Crippen molar-refractivity contribution in [3.63, 3.8) is 0 Å². The average molecular weight is 326 g/mol. The first-order valence-electron chi connectivity index (χ1n) is 8.88. The molecule has 3 aliphatic rings. The predicted octanol–water partition coefficient (Wildman–Crippen LogP) is 2.20. The fourth-order valence-electron chi connectivity index (χ4n) is 4.73. The summed E-state index contributed by atoms with van der Waals surface area (Å²) < 4.78 is 7.79. The molecule has 2 fully saturated rings. The highest BCUT2D eigenvalue weighted by molar-refractivity contribution is 5.86. The van der Waals surface area contributed by atoms with Crippen molar-refractivity contribution in [2.45, 2.75) is 63.6 Å². The normalized spacial score (nSPS) is 31.7. The number of aromatic nitrogens is 3. The Balaban J connectivity index is 1.58. The lowest BCUT2D eigenvalue weighted by molar-refractivity contribution is -0.154. The standard InChI is InChI=1S/C18H22N4O2/c1-11-8-16-19-10-13-14-5-4-12(9-15(13)22(16)20-11)21(14)17(23)18(2)6-3-7-24-18/h8,10,12,14H,3-7,9H2,1-2H3/t12-,14+,18-/m0/s1. The highest BCUT2D eigenvalue weighted by atomic mass is 16.5. The molecule has 2 aromatic heterocycles. The van der Waals surface area contributed by atoms with Gasteiger partial charge >= 0.3 is 0 Å². The van der Waals surface area contributed by atoms with Gasteiger partial charge in [0.2, 0.25) is 0 Å². The van der Waals surface area contributed by atoms with Crippen LogP contribution in [0.3, 0.4) is 0 Å². The van der Waals surface area contributed by atoms with E-state index in [0.717, 1.165) is 49.0 Å². The van der Waals surface area contributed by atoms with Crippen molar-refractivity contribution in [2.75, 3.05) is 6.61 Å². The SMILES string of the molecule is Cc1cc2ncc3c(n2n1)C[C@@H]1CC[C@H]3N1C(=O)[C@]1(C)CCCO1. The van der Waals surface area contributed by atoms with Crippen LogP contribution in [0, 0.1) is 6.92 Å². The van der Waals surface area contributed by atoms with Gasteiger partial charge in [0.05, 0.1) is 17.4 Å². The fourth-order valence-corrected chi connectivity index (χ4v) is 4.73. The molecule has 5 rings (SSSR count). The van der Waals surface area contributed by atoms with Gasteiger partial charge in [0, 0.05) is 36.9 Å². The molecular formula is C18H22N4O2. The maximum absolute atomic E-state index is 13.2. The molecule has 3 atom stereocenters. The number of nitrogens with zero attached hydrogens (tertiary/aromatic N) is 4. The zero-order valence-electron chi connectivity index (χ0n) is 14.2. The molecule has 1 amide bonds. The van der Waals surface area contributed by atoms with Crippen LogP contribution in [0.25, 0.3) is 5.65 Å². The summed E-state index contributed by atoms with van der Waals surface area (Å²) in [6, 6.07) is 2.38. The third-order valence-electron chi connectivity index (χ3n) is 5.93. The Bertz CT molecular complexity index is 837. The topological polar surface area (TPSA) is 59.7 Å². The molecule has 5 heterocycles. The number of carbonyl (C=O) groups is 1. The van der Waals surface area contributed by atoms with Crippen LogP contribution in [-0.4, -0.2) is 43.7 Å². The van der Waals surface area contributed by atoms with Gasteiger partial charge in [0.15, 0.2) is 5.65 Å². The van der Waals surface area contributed by atoms with Crippen LogP contribution in [0.1, 0.15) is 55.6 Å². The molecule has 24 heavy (non-hydrogen) atoms. The third-order valence-corrected chi connectivity index (χ3v) is 5.93. The summed E-state index contributed by atoms with van der Waals surface area (Å²) in [4.78, 5) is 19.9. The Morgan fingerprint density at radius 2 is 2.29 bits per heavy atom. The van der Waals surface area contributed by atoms with Gasteiger partial charge in [0.1, 0.15) is 5.60 Å². The van der Waals surface area contributed by atoms with Crippen molar-refractivity contribution in [3.05, 3.63) is 29.2 Å². The number of hydrogen-bond acceptors (Lipinski definition) is 4. The van der Waals surface area contributed by atoms with Crippen LogP contribution < -0.4 is 0 Å². The second-order valence-corrected chi connectivity index (χ2v) is 7.56. The van der Waals surface area contributed by atoms with Gasteiger partial charge in [-0.3, -0.25) is 4.79 Å². The summed E-state index contributed by atoms with van der Waals surface area (Å²) in [6.07, 6.45) is 6.65. The lowest BCUT2D eigenvalue weighted by atomic mass is 9.94. The maximum atomic E-state index is 13.2. The molecule has 6 heteroatoms. The highest BCUT2D eigenvalue weighted by Crippen LogP contribution is 2.45. The lowest BCUT2D eigenvalue weighted by Crippen LogP contribution is -2.52. The van der Waals surface area contributed by atoms with E-state index in [2.05, 4.69) is 15.0 Å². The van der Waals surface area contributed by atoms with Crippen LogP contribution in [0.15, 0.2) is 12.3 Å². The quantitative estimate of drug-likeness (QED) is 0.806. The van der Waals surface area contributed by atoms with Crippen molar-refractivity contribution in [1.82, 2.24) is 19.5 Å². The number of fused-ring (bicyclic) bond motifs is 6. The van der Waals surface area contributed by atoms with Crippen LogP contribution in [0.2, 0.25) is 0 Å². The molecule has 0 N–H and O–H groups in total. The fraction of sp³-hybridized carbons (Fsp3) is 0.611. The third kappa shape index (κ3) is 1.83. The minimum Gasteiger partial charge on any atom is -0.365 e. The van der Waals surface area contributed by atoms with Crippen LogP contribution in [0.4, 0.5) is 0 Å². The number of aryl methyl sites for hydroxylation is 1. The Morgan fingerprint density at radius 1 is 1.42 bits per heavy atom. The summed E-state index contributed by atoms with van der Waals surface area (Å²) in [7, 11) is 0. The first kappa shape index (κ1) is 14.4. The number of hydrogen-bond donors (Lipinski definition) is 0. The maximum Gasteiger partial charge on any atom is 0.255 e. The second kappa shape index (κ2) is 4.79. The van der Waals surface area contributed by atoms with Gasteiger partial charge in [0.25, 0.3) is 5.91 Å². The van der Waals surface area contributed by atoms with Crippen molar-refractivity contribution in [2.24, 2.45) is 0 Å². The number of amides is 1. The Hall–Kier alpha value is -1.95.